The number of aryl methyl sites for hydroxylation is 1. The second-order valence-corrected chi connectivity index (χ2v) is 5.18. The van der Waals surface area contributed by atoms with E-state index in [2.05, 4.69) is 21.2 Å². The average molecular weight is 348 g/mol. The molecule has 4 nitrogen and oxygen atoms in total. The number of anilines is 1. The van der Waals surface area contributed by atoms with E-state index in [-0.39, 0.29) is 11.5 Å². The van der Waals surface area contributed by atoms with Gasteiger partial charge in [0.25, 0.3) is 5.91 Å². The van der Waals surface area contributed by atoms with Gasteiger partial charge in [0.1, 0.15) is 0 Å². The Morgan fingerprint density at radius 2 is 1.71 bits per heavy atom. The second kappa shape index (κ2) is 6.54. The predicted octanol–water partition coefficient (Wildman–Crippen LogP) is 3.84. The van der Waals surface area contributed by atoms with Crippen LogP contribution in [-0.2, 0) is 5.33 Å². The molecule has 2 aromatic carbocycles. The number of hydrogen-bond donors (Lipinski definition) is 2. The summed E-state index contributed by atoms with van der Waals surface area (Å²) in [6.45, 7) is 1.76. The van der Waals surface area contributed by atoms with Crippen molar-refractivity contribution in [1.29, 1.82) is 0 Å². The SMILES string of the molecule is Cc1cc(C(=O)O)ccc1NC(=O)c1ccc(CBr)cc1. The van der Waals surface area contributed by atoms with E-state index in [1.54, 1.807) is 25.1 Å². The molecule has 0 aliphatic carbocycles. The van der Waals surface area contributed by atoms with Crippen molar-refractivity contribution in [3.63, 3.8) is 0 Å². The minimum atomic E-state index is -0.985. The Labute approximate surface area is 130 Å². The first-order valence-corrected chi connectivity index (χ1v) is 7.43. The van der Waals surface area contributed by atoms with Crippen LogP contribution in [0.25, 0.3) is 0 Å². The molecule has 0 aromatic heterocycles. The Morgan fingerprint density at radius 1 is 1.10 bits per heavy atom. The summed E-state index contributed by atoms with van der Waals surface area (Å²) in [7, 11) is 0. The normalized spacial score (nSPS) is 10.2. The van der Waals surface area contributed by atoms with E-state index in [0.29, 0.717) is 16.8 Å². The molecule has 2 rings (SSSR count). The quantitative estimate of drug-likeness (QED) is 0.825. The Bertz CT molecular complexity index is 680. The molecular formula is C16H14BrNO3. The van der Waals surface area contributed by atoms with E-state index in [1.807, 2.05) is 12.1 Å². The van der Waals surface area contributed by atoms with Gasteiger partial charge in [-0.25, -0.2) is 4.79 Å². The second-order valence-electron chi connectivity index (χ2n) is 4.62. The van der Waals surface area contributed by atoms with Gasteiger partial charge in [-0.1, -0.05) is 28.1 Å². The number of carboxylic acid groups (broad SMARTS) is 1. The molecule has 21 heavy (non-hydrogen) atoms. The van der Waals surface area contributed by atoms with E-state index < -0.39 is 5.97 Å². The van der Waals surface area contributed by atoms with Crippen LogP contribution in [0.4, 0.5) is 5.69 Å². The van der Waals surface area contributed by atoms with Crippen molar-refractivity contribution < 1.29 is 14.7 Å². The molecule has 0 unspecified atom stereocenters. The Balaban J connectivity index is 2.17. The van der Waals surface area contributed by atoms with Crippen LogP contribution in [0, 0.1) is 6.92 Å². The molecule has 0 aliphatic rings. The molecule has 0 heterocycles. The van der Waals surface area contributed by atoms with Crippen LogP contribution in [0.3, 0.4) is 0 Å². The van der Waals surface area contributed by atoms with E-state index in [0.717, 1.165) is 10.9 Å². The van der Waals surface area contributed by atoms with Gasteiger partial charge >= 0.3 is 5.97 Å². The first-order valence-electron chi connectivity index (χ1n) is 6.31. The molecule has 2 N–H and O–H groups in total. The van der Waals surface area contributed by atoms with Crippen LogP contribution >= 0.6 is 15.9 Å². The zero-order valence-corrected chi connectivity index (χ0v) is 13.0. The van der Waals surface area contributed by atoms with Crippen LogP contribution in [0.1, 0.15) is 31.8 Å². The highest BCUT2D eigenvalue weighted by molar-refractivity contribution is 9.08. The van der Waals surface area contributed by atoms with Crippen LogP contribution in [0.15, 0.2) is 42.5 Å². The van der Waals surface area contributed by atoms with Gasteiger partial charge in [-0.3, -0.25) is 4.79 Å². The summed E-state index contributed by atoms with van der Waals surface area (Å²) in [5, 5.41) is 12.4. The lowest BCUT2D eigenvalue weighted by Crippen LogP contribution is -2.13. The number of amides is 1. The molecule has 108 valence electrons. The van der Waals surface area contributed by atoms with Crippen molar-refractivity contribution in [2.24, 2.45) is 0 Å². The smallest absolute Gasteiger partial charge is 0.335 e. The lowest BCUT2D eigenvalue weighted by molar-refractivity contribution is 0.0696. The minimum absolute atomic E-state index is 0.201. The van der Waals surface area contributed by atoms with Gasteiger partial charge in [0.15, 0.2) is 0 Å². The van der Waals surface area contributed by atoms with Crippen molar-refractivity contribution in [2.75, 3.05) is 5.32 Å². The van der Waals surface area contributed by atoms with Crippen molar-refractivity contribution in [2.45, 2.75) is 12.3 Å². The monoisotopic (exact) mass is 347 g/mol. The Hall–Kier alpha value is -2.14. The summed E-state index contributed by atoms with van der Waals surface area (Å²) in [6, 6.07) is 11.9. The summed E-state index contributed by atoms with van der Waals surface area (Å²) >= 11 is 3.35. The van der Waals surface area contributed by atoms with Gasteiger partial charge in [0.05, 0.1) is 5.56 Å². The fourth-order valence-corrected chi connectivity index (χ4v) is 2.25. The number of rotatable bonds is 4. The molecule has 1 amide bonds. The summed E-state index contributed by atoms with van der Waals surface area (Å²) in [4.78, 5) is 23.0. The molecule has 2 aromatic rings. The van der Waals surface area contributed by atoms with E-state index in [9.17, 15) is 9.59 Å². The first kappa shape index (κ1) is 15.3. The van der Waals surface area contributed by atoms with Gasteiger partial charge in [0.2, 0.25) is 0 Å². The van der Waals surface area contributed by atoms with E-state index in [1.165, 1.54) is 12.1 Å². The van der Waals surface area contributed by atoms with Crippen molar-refractivity contribution >= 4 is 33.5 Å². The number of nitrogens with one attached hydrogen (secondary N) is 1. The fourth-order valence-electron chi connectivity index (χ4n) is 1.88. The Kier molecular flexibility index (Phi) is 4.75. The Morgan fingerprint density at radius 3 is 2.24 bits per heavy atom. The maximum atomic E-state index is 12.1. The number of aromatic carboxylic acids is 1. The molecule has 0 radical (unpaired) electrons. The molecule has 0 fully saturated rings. The lowest BCUT2D eigenvalue weighted by atomic mass is 10.1. The van der Waals surface area contributed by atoms with Gasteiger partial charge in [-0.15, -0.1) is 0 Å². The van der Waals surface area contributed by atoms with E-state index in [4.69, 9.17) is 5.11 Å². The van der Waals surface area contributed by atoms with Crippen molar-refractivity contribution in [3.05, 3.63) is 64.7 Å². The molecule has 0 aliphatic heterocycles. The first-order chi connectivity index (χ1) is 10.0. The number of carbonyl (C=O) groups is 2. The largest absolute Gasteiger partial charge is 0.478 e. The average Bonchev–Trinajstić information content (AvgIpc) is 2.49. The van der Waals surface area contributed by atoms with Crippen LogP contribution in [0.2, 0.25) is 0 Å². The molecule has 5 heteroatoms. The highest BCUT2D eigenvalue weighted by Gasteiger charge is 2.10. The molecular weight excluding hydrogens is 334 g/mol. The van der Waals surface area contributed by atoms with Gasteiger partial charge in [-0.05, 0) is 48.4 Å². The number of benzene rings is 2. The third kappa shape index (κ3) is 3.70. The topological polar surface area (TPSA) is 66.4 Å². The molecule has 0 saturated carbocycles. The number of carboxylic acids is 1. The van der Waals surface area contributed by atoms with Gasteiger partial charge < -0.3 is 10.4 Å². The summed E-state index contributed by atoms with van der Waals surface area (Å²) in [6.07, 6.45) is 0. The number of alkyl halides is 1. The van der Waals surface area contributed by atoms with Gasteiger partial charge in [0, 0.05) is 16.6 Å². The predicted molar refractivity (Wildman–Crippen MR) is 85.2 cm³/mol. The summed E-state index contributed by atoms with van der Waals surface area (Å²) in [5.74, 6) is -1.20. The van der Waals surface area contributed by atoms with Crippen molar-refractivity contribution in [1.82, 2.24) is 0 Å². The molecule has 0 atom stereocenters. The maximum absolute atomic E-state index is 12.1. The zero-order chi connectivity index (χ0) is 15.4. The van der Waals surface area contributed by atoms with Crippen molar-refractivity contribution in [3.8, 4) is 0 Å². The minimum Gasteiger partial charge on any atom is -0.478 e. The number of halogens is 1. The highest BCUT2D eigenvalue weighted by Crippen LogP contribution is 2.18. The maximum Gasteiger partial charge on any atom is 0.335 e. The number of hydrogen-bond acceptors (Lipinski definition) is 2. The zero-order valence-electron chi connectivity index (χ0n) is 11.4. The highest BCUT2D eigenvalue weighted by atomic mass is 79.9. The third-order valence-electron chi connectivity index (χ3n) is 3.09. The lowest BCUT2D eigenvalue weighted by Gasteiger charge is -2.09. The van der Waals surface area contributed by atoms with Crippen LogP contribution in [-0.4, -0.2) is 17.0 Å². The molecule has 0 saturated heterocycles. The summed E-state index contributed by atoms with van der Waals surface area (Å²) < 4.78 is 0. The number of carbonyl (C=O) groups excluding carboxylic acids is 1. The summed E-state index contributed by atoms with van der Waals surface area (Å²) in [5.41, 5.74) is 3.16. The fraction of sp³-hybridized carbons (Fsp3) is 0.125. The van der Waals surface area contributed by atoms with Crippen LogP contribution in [0.5, 0.6) is 0 Å². The molecule has 0 spiro atoms. The van der Waals surface area contributed by atoms with Crippen LogP contribution < -0.4 is 5.32 Å². The van der Waals surface area contributed by atoms with Gasteiger partial charge in [-0.2, -0.15) is 0 Å². The van der Waals surface area contributed by atoms with E-state index >= 15 is 0 Å². The molecule has 0 bridgehead atoms. The standard InChI is InChI=1S/C16H14BrNO3/c1-10-8-13(16(20)21)6-7-14(10)18-15(19)12-4-2-11(9-17)3-5-12/h2-8H,9H2,1H3,(H,18,19)(H,20,21). The third-order valence-corrected chi connectivity index (χ3v) is 3.74.